The molecular weight excluding hydrogens is 350 g/mol. The summed E-state index contributed by atoms with van der Waals surface area (Å²) in [5, 5.41) is 16.3. The van der Waals surface area contributed by atoms with Crippen LogP contribution in [0.5, 0.6) is 5.19 Å². The predicted molar refractivity (Wildman–Crippen MR) is 105 cm³/mol. The summed E-state index contributed by atoms with van der Waals surface area (Å²) in [6, 6.07) is 0.318. The molecule has 0 saturated heterocycles. The molecule has 0 spiro atoms. The van der Waals surface area contributed by atoms with Gasteiger partial charge in [0.25, 0.3) is 11.1 Å². The van der Waals surface area contributed by atoms with Crippen LogP contribution in [0, 0.1) is 5.92 Å². The van der Waals surface area contributed by atoms with E-state index in [1.807, 2.05) is 13.8 Å². The SMILES string of the molecule is CC(C)NCC(O)COc1ncc(C(=O)NCCCCC2CCCC2)s1. The Balaban J connectivity index is 1.59. The molecule has 1 saturated carbocycles. The molecule has 0 aromatic carbocycles. The third kappa shape index (κ3) is 8.01. The molecular formula is C19H33N3O3S. The highest BCUT2D eigenvalue weighted by Gasteiger charge is 2.15. The van der Waals surface area contributed by atoms with Crippen molar-refractivity contribution < 1.29 is 14.6 Å². The lowest BCUT2D eigenvalue weighted by atomic mass is 10.0. The monoisotopic (exact) mass is 383 g/mol. The number of thiazole rings is 1. The van der Waals surface area contributed by atoms with E-state index in [9.17, 15) is 9.90 Å². The number of hydrogen-bond donors (Lipinski definition) is 3. The highest BCUT2D eigenvalue weighted by Crippen LogP contribution is 2.28. The first-order valence-corrected chi connectivity index (χ1v) is 10.6. The molecule has 1 aliphatic carbocycles. The molecule has 0 radical (unpaired) electrons. The van der Waals surface area contributed by atoms with Crippen molar-refractivity contribution in [1.82, 2.24) is 15.6 Å². The Morgan fingerprint density at radius 2 is 2.15 bits per heavy atom. The molecule has 2 rings (SSSR count). The van der Waals surface area contributed by atoms with E-state index in [1.165, 1.54) is 56.1 Å². The van der Waals surface area contributed by atoms with Crippen LogP contribution in [0.15, 0.2) is 6.20 Å². The van der Waals surface area contributed by atoms with E-state index in [4.69, 9.17) is 4.74 Å². The standard InChI is InChI=1S/C19H33N3O3S/c1-14(2)21-11-16(23)13-25-19-22-12-17(26-19)18(24)20-10-6-5-9-15-7-3-4-8-15/h12,14-16,21,23H,3-11,13H2,1-2H3,(H,20,24). The summed E-state index contributed by atoms with van der Waals surface area (Å²) in [6.07, 6.45) is 10.00. The average molecular weight is 384 g/mol. The minimum absolute atomic E-state index is 0.0970. The van der Waals surface area contributed by atoms with Crippen LogP contribution in [-0.2, 0) is 0 Å². The molecule has 1 aromatic heterocycles. The van der Waals surface area contributed by atoms with Crippen molar-refractivity contribution in [3.8, 4) is 5.19 Å². The van der Waals surface area contributed by atoms with Gasteiger partial charge in [0, 0.05) is 19.1 Å². The maximum atomic E-state index is 12.1. The summed E-state index contributed by atoms with van der Waals surface area (Å²) in [7, 11) is 0. The van der Waals surface area contributed by atoms with Crippen LogP contribution in [0.25, 0.3) is 0 Å². The van der Waals surface area contributed by atoms with Crippen LogP contribution < -0.4 is 15.4 Å². The quantitative estimate of drug-likeness (QED) is 0.483. The number of nitrogens with one attached hydrogen (secondary N) is 2. The third-order valence-electron chi connectivity index (χ3n) is 4.67. The van der Waals surface area contributed by atoms with Crippen molar-refractivity contribution in [1.29, 1.82) is 0 Å². The van der Waals surface area contributed by atoms with Crippen LogP contribution in [0.2, 0.25) is 0 Å². The van der Waals surface area contributed by atoms with Crippen molar-refractivity contribution in [3.05, 3.63) is 11.1 Å². The van der Waals surface area contributed by atoms with Crippen LogP contribution in [0.3, 0.4) is 0 Å². The molecule has 1 atom stereocenters. The maximum absolute atomic E-state index is 12.1. The topological polar surface area (TPSA) is 83.5 Å². The summed E-state index contributed by atoms with van der Waals surface area (Å²) in [5.41, 5.74) is 0. The Morgan fingerprint density at radius 3 is 2.88 bits per heavy atom. The van der Waals surface area contributed by atoms with Crippen molar-refractivity contribution in [2.24, 2.45) is 5.92 Å². The second-order valence-electron chi connectivity index (χ2n) is 7.42. The highest BCUT2D eigenvalue weighted by atomic mass is 32.1. The van der Waals surface area contributed by atoms with Gasteiger partial charge in [-0.05, 0) is 12.3 Å². The van der Waals surface area contributed by atoms with Gasteiger partial charge >= 0.3 is 0 Å². The van der Waals surface area contributed by atoms with Gasteiger partial charge in [-0.2, -0.15) is 0 Å². The van der Waals surface area contributed by atoms with Crippen molar-refractivity contribution in [3.63, 3.8) is 0 Å². The average Bonchev–Trinajstić information content (AvgIpc) is 3.29. The summed E-state index contributed by atoms with van der Waals surface area (Å²) in [4.78, 5) is 16.8. The number of hydrogen-bond acceptors (Lipinski definition) is 6. The highest BCUT2D eigenvalue weighted by molar-refractivity contribution is 7.15. The predicted octanol–water partition coefficient (Wildman–Crippen LogP) is 2.97. The van der Waals surface area contributed by atoms with Gasteiger partial charge in [-0.1, -0.05) is 63.7 Å². The van der Waals surface area contributed by atoms with Crippen LogP contribution in [0.1, 0.15) is 68.5 Å². The largest absolute Gasteiger partial charge is 0.467 e. The number of unbranched alkanes of at least 4 members (excludes halogenated alkanes) is 1. The van der Waals surface area contributed by atoms with E-state index >= 15 is 0 Å². The molecule has 1 aliphatic rings. The van der Waals surface area contributed by atoms with E-state index in [2.05, 4.69) is 15.6 Å². The number of carbonyl (C=O) groups is 1. The second-order valence-corrected chi connectivity index (χ2v) is 8.41. The van der Waals surface area contributed by atoms with Gasteiger partial charge in [-0.25, -0.2) is 4.98 Å². The zero-order chi connectivity index (χ0) is 18.8. The number of nitrogens with zero attached hydrogens (tertiary/aromatic N) is 1. The number of ether oxygens (including phenoxy) is 1. The number of aliphatic hydroxyl groups is 1. The number of aliphatic hydroxyl groups excluding tert-OH is 1. The van der Waals surface area contributed by atoms with Crippen molar-refractivity contribution >= 4 is 17.2 Å². The fourth-order valence-corrected chi connectivity index (χ4v) is 3.86. The maximum Gasteiger partial charge on any atom is 0.273 e. The Hall–Kier alpha value is -1.18. The molecule has 7 heteroatoms. The normalized spacial score (nSPS) is 16.2. The lowest BCUT2D eigenvalue weighted by Crippen LogP contribution is -2.35. The van der Waals surface area contributed by atoms with Crippen LogP contribution in [0.4, 0.5) is 0 Å². The first-order valence-electron chi connectivity index (χ1n) is 9.83. The number of aromatic nitrogens is 1. The smallest absolute Gasteiger partial charge is 0.273 e. The molecule has 6 nitrogen and oxygen atoms in total. The van der Waals surface area contributed by atoms with Gasteiger partial charge in [0.15, 0.2) is 0 Å². The van der Waals surface area contributed by atoms with Gasteiger partial charge < -0.3 is 20.5 Å². The second kappa shape index (κ2) is 11.5. The van der Waals surface area contributed by atoms with E-state index < -0.39 is 6.10 Å². The summed E-state index contributed by atoms with van der Waals surface area (Å²) >= 11 is 1.21. The Bertz CT molecular complexity index is 530. The van der Waals surface area contributed by atoms with E-state index in [1.54, 1.807) is 0 Å². The number of rotatable bonds is 12. The summed E-state index contributed by atoms with van der Waals surface area (Å²) in [6.45, 7) is 5.38. The fourth-order valence-electron chi connectivity index (χ4n) is 3.17. The van der Waals surface area contributed by atoms with Gasteiger partial charge in [-0.3, -0.25) is 4.79 Å². The summed E-state index contributed by atoms with van der Waals surface area (Å²) < 4.78 is 5.47. The first-order chi connectivity index (χ1) is 12.5. The Labute approximate surface area is 160 Å². The molecule has 1 amide bonds. The van der Waals surface area contributed by atoms with Crippen molar-refractivity contribution in [2.75, 3.05) is 19.7 Å². The number of amides is 1. The Morgan fingerprint density at radius 1 is 1.38 bits per heavy atom. The molecule has 26 heavy (non-hydrogen) atoms. The third-order valence-corrected chi connectivity index (χ3v) is 5.58. The molecule has 1 aromatic rings. The van der Waals surface area contributed by atoms with Crippen molar-refractivity contribution in [2.45, 2.75) is 70.9 Å². The first kappa shape index (κ1) is 21.1. The van der Waals surface area contributed by atoms with Gasteiger partial charge in [0.05, 0.1) is 6.20 Å². The van der Waals surface area contributed by atoms with E-state index in [0.29, 0.717) is 29.2 Å². The molecule has 3 N–H and O–H groups in total. The zero-order valence-corrected chi connectivity index (χ0v) is 16.8. The van der Waals surface area contributed by atoms with Crippen LogP contribution >= 0.6 is 11.3 Å². The lowest BCUT2D eigenvalue weighted by Gasteiger charge is -2.13. The number of carbonyl (C=O) groups excluding carboxylic acids is 1. The van der Waals surface area contributed by atoms with Crippen LogP contribution in [-0.4, -0.2) is 47.8 Å². The molecule has 0 bridgehead atoms. The van der Waals surface area contributed by atoms with Gasteiger partial charge in [0.1, 0.15) is 17.6 Å². The molecule has 1 fully saturated rings. The summed E-state index contributed by atoms with van der Waals surface area (Å²) in [5.74, 6) is 0.818. The van der Waals surface area contributed by atoms with E-state index in [-0.39, 0.29) is 12.5 Å². The van der Waals surface area contributed by atoms with Gasteiger partial charge in [-0.15, -0.1) is 0 Å². The lowest BCUT2D eigenvalue weighted by molar-refractivity contribution is 0.0956. The Kier molecular flexibility index (Phi) is 9.36. The molecule has 1 heterocycles. The zero-order valence-electron chi connectivity index (χ0n) is 16.0. The fraction of sp³-hybridized carbons (Fsp3) is 0.789. The van der Waals surface area contributed by atoms with E-state index in [0.717, 1.165) is 12.3 Å². The minimum atomic E-state index is -0.599. The minimum Gasteiger partial charge on any atom is -0.467 e. The van der Waals surface area contributed by atoms with Gasteiger partial charge in [0.2, 0.25) is 0 Å². The molecule has 1 unspecified atom stereocenters. The molecule has 148 valence electrons. The molecule has 0 aliphatic heterocycles.